The third-order valence-corrected chi connectivity index (χ3v) is 15.8. The van der Waals surface area contributed by atoms with E-state index < -0.39 is 12.1 Å². The Morgan fingerprint density at radius 3 is 0.973 bits per heavy atom. The van der Waals surface area contributed by atoms with Crippen LogP contribution in [0.5, 0.6) is 0 Å². The van der Waals surface area contributed by atoms with E-state index in [0.29, 0.717) is 25.9 Å². The lowest BCUT2D eigenvalue weighted by atomic mass is 10.0. The maximum absolute atomic E-state index is 12.4. The van der Waals surface area contributed by atoms with Crippen molar-refractivity contribution in [2.75, 3.05) is 13.2 Å². The zero-order valence-corrected chi connectivity index (χ0v) is 49.6. The number of aliphatic hydroxyl groups is 2. The molecule has 3 N–H and O–H groups in total. The maximum Gasteiger partial charge on any atom is 0.305 e. The zero-order chi connectivity index (χ0) is 52.9. The predicted octanol–water partition coefficient (Wildman–Crippen LogP) is 21.2. The Hall–Kier alpha value is -1.40. The summed E-state index contributed by atoms with van der Waals surface area (Å²) < 4.78 is 5.50. The van der Waals surface area contributed by atoms with Gasteiger partial charge in [-0.15, -0.1) is 0 Å². The maximum atomic E-state index is 12.4. The molecule has 0 heterocycles. The van der Waals surface area contributed by atoms with E-state index in [1.54, 1.807) is 0 Å². The molecule has 0 aliphatic heterocycles. The third-order valence-electron chi connectivity index (χ3n) is 15.8. The van der Waals surface area contributed by atoms with Crippen LogP contribution in [0.25, 0.3) is 0 Å². The van der Waals surface area contributed by atoms with Crippen molar-refractivity contribution in [1.29, 1.82) is 0 Å². The molecule has 6 nitrogen and oxygen atoms in total. The van der Waals surface area contributed by atoms with Crippen LogP contribution in [0, 0.1) is 0 Å². The van der Waals surface area contributed by atoms with Crippen LogP contribution >= 0.6 is 0 Å². The minimum absolute atomic E-state index is 0.0133. The van der Waals surface area contributed by atoms with Crippen LogP contribution in [0.15, 0.2) is 12.2 Å². The molecule has 0 saturated heterocycles. The van der Waals surface area contributed by atoms with Gasteiger partial charge in [-0.3, -0.25) is 9.59 Å². The van der Waals surface area contributed by atoms with Gasteiger partial charge in [0.15, 0.2) is 0 Å². The van der Waals surface area contributed by atoms with E-state index in [-0.39, 0.29) is 18.5 Å². The van der Waals surface area contributed by atoms with Gasteiger partial charge in [-0.2, -0.15) is 0 Å². The number of hydrogen-bond donors (Lipinski definition) is 3. The molecule has 6 heteroatoms. The van der Waals surface area contributed by atoms with E-state index >= 15 is 0 Å². The van der Waals surface area contributed by atoms with E-state index in [4.69, 9.17) is 4.74 Å². The van der Waals surface area contributed by atoms with Gasteiger partial charge in [-0.05, 0) is 51.4 Å². The number of allylic oxidation sites excluding steroid dienone is 2. The Balaban J connectivity index is 3.29. The first-order valence-electron chi connectivity index (χ1n) is 33.4. The summed E-state index contributed by atoms with van der Waals surface area (Å²) in [6.45, 7) is 4.96. The van der Waals surface area contributed by atoms with Gasteiger partial charge in [0, 0.05) is 12.8 Å². The molecule has 434 valence electrons. The van der Waals surface area contributed by atoms with E-state index in [9.17, 15) is 19.8 Å². The molecule has 0 saturated carbocycles. The molecular weight excluding hydrogens is 899 g/mol. The third kappa shape index (κ3) is 59.7. The highest BCUT2D eigenvalue weighted by Gasteiger charge is 2.20. The molecule has 0 aromatic rings. The fourth-order valence-corrected chi connectivity index (χ4v) is 10.7. The summed E-state index contributed by atoms with van der Waals surface area (Å²) in [6, 6.07) is -0.536. The smallest absolute Gasteiger partial charge is 0.305 e. The molecule has 0 aliphatic carbocycles. The number of amides is 1. The first-order valence-corrected chi connectivity index (χ1v) is 33.4. The highest BCUT2D eigenvalue weighted by molar-refractivity contribution is 5.76. The van der Waals surface area contributed by atoms with Gasteiger partial charge >= 0.3 is 5.97 Å². The minimum atomic E-state index is -0.659. The molecule has 73 heavy (non-hydrogen) atoms. The molecule has 2 atom stereocenters. The van der Waals surface area contributed by atoms with Gasteiger partial charge in [0.2, 0.25) is 5.91 Å². The monoisotopic (exact) mass is 1030 g/mol. The summed E-state index contributed by atoms with van der Waals surface area (Å²) in [6.07, 6.45) is 76.9. The van der Waals surface area contributed by atoms with Gasteiger partial charge in [-0.1, -0.05) is 328 Å². The molecule has 0 bridgehead atoms. The lowest BCUT2D eigenvalue weighted by molar-refractivity contribution is -0.143. The van der Waals surface area contributed by atoms with E-state index in [1.165, 1.54) is 302 Å². The Morgan fingerprint density at radius 2 is 0.644 bits per heavy atom. The quantitative estimate of drug-likeness (QED) is 0.0320. The second-order valence-electron chi connectivity index (χ2n) is 23.2. The second-order valence-corrected chi connectivity index (χ2v) is 23.2. The first-order chi connectivity index (χ1) is 36.0. The molecule has 0 rings (SSSR count). The van der Waals surface area contributed by atoms with Crippen LogP contribution in [-0.4, -0.2) is 47.4 Å². The van der Waals surface area contributed by atoms with E-state index in [1.807, 2.05) is 0 Å². The number of rotatable bonds is 63. The van der Waals surface area contributed by atoms with Crippen LogP contribution in [0.2, 0.25) is 0 Å². The number of carbonyl (C=O) groups excluding carboxylic acids is 2. The lowest BCUT2D eigenvalue weighted by Gasteiger charge is -2.22. The number of aliphatic hydroxyl groups excluding tert-OH is 2. The van der Waals surface area contributed by atoms with Gasteiger partial charge < -0.3 is 20.3 Å². The van der Waals surface area contributed by atoms with Crippen molar-refractivity contribution >= 4 is 11.9 Å². The SMILES string of the molecule is CCCCCCCCC/C=C\CCCCCCCC(=O)OCCCCCCCCCCCCCCCCCCCCCCCCCCCCCCCCC(=O)NC(CO)C(O)CCCCCCCCCCCC. The topological polar surface area (TPSA) is 95.9 Å². The Bertz CT molecular complexity index is 1100. The number of ether oxygens (including phenoxy) is 1. The van der Waals surface area contributed by atoms with Crippen molar-refractivity contribution in [3.05, 3.63) is 12.2 Å². The Labute approximate surface area is 457 Å². The fraction of sp³-hybridized carbons (Fsp3) is 0.940. The molecule has 0 fully saturated rings. The normalized spacial score (nSPS) is 12.5. The summed E-state index contributed by atoms with van der Waals surface area (Å²) in [5, 5.41) is 23.2. The fourth-order valence-electron chi connectivity index (χ4n) is 10.7. The molecule has 0 aromatic heterocycles. The predicted molar refractivity (Wildman–Crippen MR) is 320 cm³/mol. The Kier molecular flexibility index (Phi) is 61.9. The number of esters is 1. The van der Waals surface area contributed by atoms with Crippen molar-refractivity contribution in [3.63, 3.8) is 0 Å². The Morgan fingerprint density at radius 1 is 0.370 bits per heavy atom. The molecule has 0 spiro atoms. The van der Waals surface area contributed by atoms with Crippen molar-refractivity contribution in [1.82, 2.24) is 5.32 Å². The van der Waals surface area contributed by atoms with Crippen molar-refractivity contribution in [2.45, 2.75) is 392 Å². The minimum Gasteiger partial charge on any atom is -0.466 e. The van der Waals surface area contributed by atoms with Crippen molar-refractivity contribution < 1.29 is 24.5 Å². The molecule has 0 radical (unpaired) electrons. The summed E-state index contributed by atoms with van der Waals surface area (Å²) in [5.74, 6) is -0.0175. The largest absolute Gasteiger partial charge is 0.466 e. The molecule has 1 amide bonds. The highest BCUT2D eigenvalue weighted by Crippen LogP contribution is 2.19. The van der Waals surface area contributed by atoms with E-state index in [2.05, 4.69) is 31.3 Å². The number of nitrogens with one attached hydrogen (secondary N) is 1. The van der Waals surface area contributed by atoms with Gasteiger partial charge in [-0.25, -0.2) is 0 Å². The van der Waals surface area contributed by atoms with Gasteiger partial charge in [0.05, 0.1) is 25.4 Å². The van der Waals surface area contributed by atoms with Crippen molar-refractivity contribution in [2.24, 2.45) is 0 Å². The van der Waals surface area contributed by atoms with E-state index in [0.717, 1.165) is 44.9 Å². The van der Waals surface area contributed by atoms with Crippen LogP contribution < -0.4 is 5.32 Å². The molecule has 2 unspecified atom stereocenters. The van der Waals surface area contributed by atoms with Gasteiger partial charge in [0.1, 0.15) is 0 Å². The van der Waals surface area contributed by atoms with Gasteiger partial charge in [0.25, 0.3) is 0 Å². The first kappa shape index (κ1) is 71.6. The summed E-state index contributed by atoms with van der Waals surface area (Å²) in [4.78, 5) is 24.5. The lowest BCUT2D eigenvalue weighted by Crippen LogP contribution is -2.45. The molecular formula is C67H131NO5. The van der Waals surface area contributed by atoms with Crippen molar-refractivity contribution in [3.8, 4) is 0 Å². The summed E-state index contributed by atoms with van der Waals surface area (Å²) >= 11 is 0. The second kappa shape index (κ2) is 63.1. The molecule has 0 aliphatic rings. The van der Waals surface area contributed by atoms with Crippen LogP contribution in [0.3, 0.4) is 0 Å². The number of unbranched alkanes of at least 4 members (excludes halogenated alkanes) is 50. The average Bonchev–Trinajstić information content (AvgIpc) is 3.39. The standard InChI is InChI=1S/C67H131NO5/c1-3-5-7-9-11-13-15-16-17-35-38-41-45-49-53-57-61-67(72)73-62-58-54-50-46-42-39-36-33-31-29-27-25-23-21-19-18-20-22-24-26-28-30-32-34-37-40-44-48-52-56-60-66(71)68-64(63-69)65(70)59-55-51-47-43-14-12-10-8-6-4-2/h17,35,64-65,69-70H,3-16,18-34,36-63H2,1-2H3,(H,68,71)/b35-17-. The van der Waals surface area contributed by atoms with Crippen LogP contribution in [0.1, 0.15) is 380 Å². The van der Waals surface area contributed by atoms with Crippen LogP contribution in [0.4, 0.5) is 0 Å². The average molecular weight is 1030 g/mol. The number of hydrogen-bond acceptors (Lipinski definition) is 5. The highest BCUT2D eigenvalue weighted by atomic mass is 16.5. The van der Waals surface area contributed by atoms with Crippen LogP contribution in [-0.2, 0) is 14.3 Å². The summed E-state index contributed by atoms with van der Waals surface area (Å²) in [7, 11) is 0. The summed E-state index contributed by atoms with van der Waals surface area (Å²) in [5.41, 5.74) is 0. The zero-order valence-electron chi connectivity index (χ0n) is 49.6. The molecule has 0 aromatic carbocycles. The number of carbonyl (C=O) groups is 2.